The Hall–Kier alpha value is -1.40. The van der Waals surface area contributed by atoms with Gasteiger partial charge in [0.2, 0.25) is 5.91 Å². The smallest absolute Gasteiger partial charge is 0.221 e. The van der Waals surface area contributed by atoms with Gasteiger partial charge in [0.1, 0.15) is 0 Å². The lowest BCUT2D eigenvalue weighted by molar-refractivity contribution is -0.120. The molecule has 98 valence electrons. The minimum absolute atomic E-state index is 0.107. The zero-order chi connectivity index (χ0) is 12.8. The number of amides is 1. The fraction of sp³-hybridized carbons (Fsp3) is 0.500. The molecule has 0 aliphatic heterocycles. The second-order valence-electron chi connectivity index (χ2n) is 4.10. The molecule has 0 bridgehead atoms. The van der Waals surface area contributed by atoms with Gasteiger partial charge >= 0.3 is 0 Å². The molecule has 6 heteroatoms. The molecule has 0 atom stereocenters. The normalized spacial score (nSPS) is 10.9. The van der Waals surface area contributed by atoms with Crippen molar-refractivity contribution in [2.24, 2.45) is 0 Å². The van der Waals surface area contributed by atoms with Crippen LogP contribution in [0.3, 0.4) is 0 Å². The number of aromatic nitrogens is 2. The van der Waals surface area contributed by atoms with E-state index in [4.69, 9.17) is 0 Å². The molecule has 0 saturated carbocycles. The van der Waals surface area contributed by atoms with Crippen molar-refractivity contribution in [3.8, 4) is 0 Å². The van der Waals surface area contributed by atoms with Crippen molar-refractivity contribution in [3.63, 3.8) is 0 Å². The summed E-state index contributed by atoms with van der Waals surface area (Å²) in [7, 11) is 0. The lowest BCUT2D eigenvalue weighted by atomic mass is 10.3. The maximum Gasteiger partial charge on any atom is 0.221 e. The van der Waals surface area contributed by atoms with Gasteiger partial charge in [0, 0.05) is 43.8 Å². The Bertz CT molecular complexity index is 476. The number of nitrogens with one attached hydrogen (secondary N) is 2. The Morgan fingerprint density at radius 2 is 2.39 bits per heavy atom. The first-order chi connectivity index (χ1) is 8.79. The van der Waals surface area contributed by atoms with Gasteiger partial charge in [0.25, 0.3) is 0 Å². The number of imidazole rings is 1. The van der Waals surface area contributed by atoms with Crippen LogP contribution in [0.5, 0.6) is 0 Å². The summed E-state index contributed by atoms with van der Waals surface area (Å²) in [5, 5.41) is 8.09. The zero-order valence-electron chi connectivity index (χ0n) is 10.5. The van der Waals surface area contributed by atoms with Crippen LogP contribution in [0.4, 0.5) is 0 Å². The lowest BCUT2D eigenvalue weighted by Crippen LogP contribution is -2.28. The van der Waals surface area contributed by atoms with Crippen LogP contribution in [-0.2, 0) is 11.3 Å². The van der Waals surface area contributed by atoms with Gasteiger partial charge in [-0.05, 0) is 6.42 Å². The Balaban J connectivity index is 1.66. The largest absolute Gasteiger partial charge is 0.356 e. The molecule has 0 saturated heterocycles. The van der Waals surface area contributed by atoms with Crippen LogP contribution in [0, 0.1) is 0 Å². The number of nitrogens with zero attached hydrogens (tertiary/aromatic N) is 2. The van der Waals surface area contributed by atoms with Crippen molar-refractivity contribution >= 4 is 22.2 Å². The molecule has 0 unspecified atom stereocenters. The van der Waals surface area contributed by atoms with E-state index in [9.17, 15) is 4.79 Å². The van der Waals surface area contributed by atoms with E-state index < -0.39 is 0 Å². The first-order valence-corrected chi connectivity index (χ1v) is 7.06. The monoisotopic (exact) mass is 266 g/mol. The predicted molar refractivity (Wildman–Crippen MR) is 72.7 cm³/mol. The summed E-state index contributed by atoms with van der Waals surface area (Å²) in [6.45, 7) is 4.19. The SMILES string of the molecule is CCCNC(=O)CCNCc1cn2ccsc2n1. The molecule has 0 spiro atoms. The Morgan fingerprint density at radius 3 is 3.17 bits per heavy atom. The van der Waals surface area contributed by atoms with Crippen LogP contribution in [0.1, 0.15) is 25.5 Å². The number of hydrogen-bond acceptors (Lipinski definition) is 4. The van der Waals surface area contributed by atoms with Gasteiger partial charge < -0.3 is 10.6 Å². The maximum atomic E-state index is 11.3. The van der Waals surface area contributed by atoms with Crippen molar-refractivity contribution in [1.82, 2.24) is 20.0 Å². The summed E-state index contributed by atoms with van der Waals surface area (Å²) in [6.07, 6.45) is 5.50. The van der Waals surface area contributed by atoms with E-state index in [2.05, 4.69) is 15.6 Å². The first-order valence-electron chi connectivity index (χ1n) is 6.18. The molecule has 1 amide bonds. The third-order valence-electron chi connectivity index (χ3n) is 2.55. The van der Waals surface area contributed by atoms with E-state index in [1.165, 1.54) is 0 Å². The molecule has 2 rings (SSSR count). The van der Waals surface area contributed by atoms with Gasteiger partial charge in [0.15, 0.2) is 4.96 Å². The van der Waals surface area contributed by atoms with Crippen molar-refractivity contribution < 1.29 is 4.79 Å². The molecule has 2 N–H and O–H groups in total. The molecule has 0 aliphatic carbocycles. The van der Waals surface area contributed by atoms with E-state index in [1.807, 2.05) is 29.1 Å². The van der Waals surface area contributed by atoms with Crippen LogP contribution in [-0.4, -0.2) is 28.4 Å². The van der Waals surface area contributed by atoms with E-state index >= 15 is 0 Å². The number of rotatable bonds is 7. The van der Waals surface area contributed by atoms with Crippen molar-refractivity contribution in [2.75, 3.05) is 13.1 Å². The summed E-state index contributed by atoms with van der Waals surface area (Å²) in [5.41, 5.74) is 1.01. The summed E-state index contributed by atoms with van der Waals surface area (Å²) < 4.78 is 2.01. The Morgan fingerprint density at radius 1 is 1.50 bits per heavy atom. The highest BCUT2D eigenvalue weighted by atomic mass is 32.1. The topological polar surface area (TPSA) is 58.4 Å². The predicted octanol–water partition coefficient (Wildman–Crippen LogP) is 1.40. The molecule has 2 aromatic rings. The maximum absolute atomic E-state index is 11.3. The second kappa shape index (κ2) is 6.51. The van der Waals surface area contributed by atoms with Crippen LogP contribution in [0.15, 0.2) is 17.8 Å². The number of thiazole rings is 1. The van der Waals surface area contributed by atoms with Gasteiger partial charge in [-0.15, -0.1) is 11.3 Å². The Kier molecular flexibility index (Phi) is 4.72. The molecule has 0 fully saturated rings. The van der Waals surface area contributed by atoms with E-state index in [0.29, 0.717) is 19.5 Å². The molecule has 0 radical (unpaired) electrons. The highest BCUT2D eigenvalue weighted by Gasteiger charge is 2.03. The van der Waals surface area contributed by atoms with Crippen molar-refractivity contribution in [2.45, 2.75) is 26.3 Å². The van der Waals surface area contributed by atoms with Gasteiger partial charge in [-0.1, -0.05) is 6.92 Å². The molecule has 0 aromatic carbocycles. The first kappa shape index (κ1) is 13.0. The number of carbonyl (C=O) groups excluding carboxylic acids is 1. The highest BCUT2D eigenvalue weighted by molar-refractivity contribution is 7.15. The minimum Gasteiger partial charge on any atom is -0.356 e. The van der Waals surface area contributed by atoms with Crippen molar-refractivity contribution in [1.29, 1.82) is 0 Å². The molecule has 18 heavy (non-hydrogen) atoms. The minimum atomic E-state index is 0.107. The van der Waals surface area contributed by atoms with Gasteiger partial charge in [0.05, 0.1) is 5.69 Å². The average Bonchev–Trinajstić information content (AvgIpc) is 2.92. The fourth-order valence-corrected chi connectivity index (χ4v) is 2.35. The van der Waals surface area contributed by atoms with Crippen LogP contribution in [0.25, 0.3) is 4.96 Å². The van der Waals surface area contributed by atoms with E-state index in [1.54, 1.807) is 11.3 Å². The van der Waals surface area contributed by atoms with E-state index in [-0.39, 0.29) is 5.91 Å². The molecule has 0 aliphatic rings. The molecule has 5 nitrogen and oxygen atoms in total. The summed E-state index contributed by atoms with van der Waals surface area (Å²) in [6, 6.07) is 0. The standard InChI is InChI=1S/C12H18N4OS/c1-2-4-14-11(17)3-5-13-8-10-9-16-6-7-18-12(16)15-10/h6-7,9,13H,2-5,8H2,1H3,(H,14,17). The quantitative estimate of drug-likeness (QED) is 0.745. The number of fused-ring (bicyclic) bond motifs is 1. The molecule has 2 heterocycles. The molecular formula is C12H18N4OS. The van der Waals surface area contributed by atoms with Crippen LogP contribution in [0.2, 0.25) is 0 Å². The van der Waals surface area contributed by atoms with Gasteiger partial charge in [-0.2, -0.15) is 0 Å². The highest BCUT2D eigenvalue weighted by Crippen LogP contribution is 2.10. The third kappa shape index (κ3) is 3.54. The molecular weight excluding hydrogens is 248 g/mol. The molecule has 2 aromatic heterocycles. The fourth-order valence-electron chi connectivity index (χ4n) is 1.63. The summed E-state index contributed by atoms with van der Waals surface area (Å²) >= 11 is 1.62. The van der Waals surface area contributed by atoms with Gasteiger partial charge in [-0.25, -0.2) is 4.98 Å². The average molecular weight is 266 g/mol. The second-order valence-corrected chi connectivity index (χ2v) is 4.97. The lowest BCUT2D eigenvalue weighted by Gasteiger charge is -2.04. The van der Waals surface area contributed by atoms with E-state index in [0.717, 1.165) is 23.6 Å². The zero-order valence-corrected chi connectivity index (χ0v) is 11.3. The number of hydrogen-bond donors (Lipinski definition) is 2. The number of carbonyl (C=O) groups is 1. The van der Waals surface area contributed by atoms with Crippen molar-refractivity contribution in [3.05, 3.63) is 23.5 Å². The Labute approximate surface area is 110 Å². The van der Waals surface area contributed by atoms with Gasteiger partial charge in [-0.3, -0.25) is 9.20 Å². The summed E-state index contributed by atoms with van der Waals surface area (Å²) in [5.74, 6) is 0.107. The van der Waals surface area contributed by atoms with Crippen LogP contribution >= 0.6 is 11.3 Å². The summed E-state index contributed by atoms with van der Waals surface area (Å²) in [4.78, 5) is 16.8. The van der Waals surface area contributed by atoms with Crippen LogP contribution < -0.4 is 10.6 Å². The third-order valence-corrected chi connectivity index (χ3v) is 3.32.